The molecule has 0 aliphatic heterocycles. The minimum Gasteiger partial charge on any atom is -0.480 e. The van der Waals surface area contributed by atoms with Gasteiger partial charge in [0.2, 0.25) is 0 Å². The second kappa shape index (κ2) is 5.57. The van der Waals surface area contributed by atoms with E-state index in [0.29, 0.717) is 17.9 Å². The van der Waals surface area contributed by atoms with Gasteiger partial charge in [-0.15, -0.1) is 5.92 Å². The molecule has 2 nitrogen and oxygen atoms in total. The fraction of sp³-hybridized carbons (Fsp3) is 0.250. The maximum Gasteiger partial charge on any atom is 0.153 e. The smallest absolute Gasteiger partial charge is 0.153 e. The Hall–Kier alpha value is -1.27. The highest BCUT2D eigenvalue weighted by atomic mass is 79.9. The lowest BCUT2D eigenvalue weighted by atomic mass is 10.1. The maximum atomic E-state index is 10.8. The van der Waals surface area contributed by atoms with Crippen molar-refractivity contribution in [3.05, 3.63) is 27.7 Å². The van der Waals surface area contributed by atoms with Gasteiger partial charge in [-0.1, -0.05) is 21.9 Å². The van der Waals surface area contributed by atoms with Crippen molar-refractivity contribution in [3.63, 3.8) is 0 Å². The van der Waals surface area contributed by atoms with E-state index in [1.165, 1.54) is 0 Å². The first-order valence-corrected chi connectivity index (χ1v) is 5.26. The lowest BCUT2D eigenvalue weighted by molar-refractivity contribution is 0.112. The van der Waals surface area contributed by atoms with Gasteiger partial charge in [-0.05, 0) is 31.5 Å². The summed E-state index contributed by atoms with van der Waals surface area (Å²) in [6.07, 6.45) is 0.784. The Morgan fingerprint density at radius 3 is 2.87 bits per heavy atom. The van der Waals surface area contributed by atoms with Crippen LogP contribution < -0.4 is 4.74 Å². The SMILES string of the molecule is CC#CCOc1c(C)cc(Br)cc1C=O. The van der Waals surface area contributed by atoms with E-state index in [1.54, 1.807) is 13.0 Å². The fourth-order valence-corrected chi connectivity index (χ4v) is 1.81. The Kier molecular flexibility index (Phi) is 4.38. The molecule has 0 fully saturated rings. The largest absolute Gasteiger partial charge is 0.480 e. The highest BCUT2D eigenvalue weighted by molar-refractivity contribution is 9.10. The van der Waals surface area contributed by atoms with Crippen molar-refractivity contribution < 1.29 is 9.53 Å². The molecule has 0 saturated heterocycles. The van der Waals surface area contributed by atoms with Gasteiger partial charge in [0.15, 0.2) is 6.29 Å². The van der Waals surface area contributed by atoms with Crippen molar-refractivity contribution >= 4 is 22.2 Å². The summed E-state index contributed by atoms with van der Waals surface area (Å²) in [4.78, 5) is 10.8. The highest BCUT2D eigenvalue weighted by Gasteiger charge is 2.07. The van der Waals surface area contributed by atoms with Crippen molar-refractivity contribution in [2.45, 2.75) is 13.8 Å². The molecular weight excluding hydrogens is 256 g/mol. The molecule has 1 aromatic carbocycles. The summed E-state index contributed by atoms with van der Waals surface area (Å²) in [5.74, 6) is 6.13. The summed E-state index contributed by atoms with van der Waals surface area (Å²) in [6.45, 7) is 3.95. The quantitative estimate of drug-likeness (QED) is 0.621. The van der Waals surface area contributed by atoms with E-state index >= 15 is 0 Å². The van der Waals surface area contributed by atoms with Gasteiger partial charge in [-0.2, -0.15) is 0 Å². The molecule has 0 saturated carbocycles. The van der Waals surface area contributed by atoms with Crippen molar-refractivity contribution in [1.29, 1.82) is 0 Å². The minimum absolute atomic E-state index is 0.305. The monoisotopic (exact) mass is 266 g/mol. The number of carbonyl (C=O) groups is 1. The molecule has 78 valence electrons. The molecule has 1 rings (SSSR count). The zero-order chi connectivity index (χ0) is 11.3. The molecule has 0 unspecified atom stereocenters. The number of aryl methyl sites for hydroxylation is 1. The standard InChI is InChI=1S/C12H11BrO2/c1-3-4-5-15-12-9(2)6-11(13)7-10(12)8-14/h6-8H,5H2,1-2H3. The minimum atomic E-state index is 0.305. The number of carbonyl (C=O) groups excluding carboxylic acids is 1. The Labute approximate surface area is 97.8 Å². The van der Waals surface area contributed by atoms with Crippen LogP contribution in [0.4, 0.5) is 0 Å². The van der Waals surface area contributed by atoms with E-state index in [-0.39, 0.29) is 0 Å². The third-order valence-corrected chi connectivity index (χ3v) is 2.32. The molecule has 0 aliphatic rings. The van der Waals surface area contributed by atoms with Crippen LogP contribution >= 0.6 is 15.9 Å². The molecule has 15 heavy (non-hydrogen) atoms. The van der Waals surface area contributed by atoms with Gasteiger partial charge < -0.3 is 4.74 Å². The first kappa shape index (κ1) is 11.8. The topological polar surface area (TPSA) is 26.3 Å². The summed E-state index contributed by atoms with van der Waals surface area (Å²) in [7, 11) is 0. The van der Waals surface area contributed by atoms with Crippen molar-refractivity contribution in [2.75, 3.05) is 6.61 Å². The molecule has 0 aromatic heterocycles. The van der Waals surface area contributed by atoms with E-state index in [4.69, 9.17) is 4.74 Å². The lowest BCUT2D eigenvalue weighted by Gasteiger charge is -2.09. The summed E-state index contributed by atoms with van der Waals surface area (Å²) < 4.78 is 6.30. The van der Waals surface area contributed by atoms with Crippen LogP contribution in [0.15, 0.2) is 16.6 Å². The van der Waals surface area contributed by atoms with E-state index in [1.807, 2.05) is 13.0 Å². The number of hydrogen-bond acceptors (Lipinski definition) is 2. The molecule has 3 heteroatoms. The zero-order valence-electron chi connectivity index (χ0n) is 8.63. The van der Waals surface area contributed by atoms with Gasteiger partial charge in [0.1, 0.15) is 12.4 Å². The predicted octanol–water partition coefficient (Wildman–Crippen LogP) is 2.97. The molecule has 0 N–H and O–H groups in total. The van der Waals surface area contributed by atoms with E-state index in [9.17, 15) is 4.79 Å². The molecule has 1 aromatic rings. The van der Waals surface area contributed by atoms with Crippen LogP contribution in [0, 0.1) is 18.8 Å². The van der Waals surface area contributed by atoms with Crippen LogP contribution in [-0.2, 0) is 0 Å². The molecule has 0 aliphatic carbocycles. The zero-order valence-corrected chi connectivity index (χ0v) is 10.2. The van der Waals surface area contributed by atoms with Crippen LogP contribution in [-0.4, -0.2) is 12.9 Å². The molecule has 0 atom stereocenters. The lowest BCUT2D eigenvalue weighted by Crippen LogP contribution is -2.00. The van der Waals surface area contributed by atoms with Crippen molar-refractivity contribution in [2.24, 2.45) is 0 Å². The third kappa shape index (κ3) is 3.10. The van der Waals surface area contributed by atoms with E-state index in [0.717, 1.165) is 16.3 Å². The average Bonchev–Trinajstić information content (AvgIpc) is 2.20. The summed E-state index contributed by atoms with van der Waals surface area (Å²) in [5.41, 5.74) is 1.46. The van der Waals surface area contributed by atoms with E-state index < -0.39 is 0 Å². The van der Waals surface area contributed by atoms with Gasteiger partial charge in [0.05, 0.1) is 5.56 Å². The normalized spacial score (nSPS) is 9.00. The van der Waals surface area contributed by atoms with Crippen molar-refractivity contribution in [1.82, 2.24) is 0 Å². The molecule has 0 heterocycles. The molecule has 0 bridgehead atoms. The molecule has 0 spiro atoms. The average molecular weight is 267 g/mol. The number of ether oxygens (including phenoxy) is 1. The first-order valence-electron chi connectivity index (χ1n) is 4.46. The number of rotatable bonds is 3. The maximum absolute atomic E-state index is 10.8. The van der Waals surface area contributed by atoms with Gasteiger partial charge in [0.25, 0.3) is 0 Å². The van der Waals surface area contributed by atoms with Crippen LogP contribution in [0.2, 0.25) is 0 Å². The van der Waals surface area contributed by atoms with Crippen LogP contribution in [0.25, 0.3) is 0 Å². The van der Waals surface area contributed by atoms with Gasteiger partial charge in [-0.3, -0.25) is 4.79 Å². The Bertz CT molecular complexity index is 427. The van der Waals surface area contributed by atoms with Gasteiger partial charge in [-0.25, -0.2) is 0 Å². The number of hydrogen-bond donors (Lipinski definition) is 0. The van der Waals surface area contributed by atoms with Crippen LogP contribution in [0.3, 0.4) is 0 Å². The highest BCUT2D eigenvalue weighted by Crippen LogP contribution is 2.26. The summed E-state index contributed by atoms with van der Waals surface area (Å²) in [6, 6.07) is 3.64. The summed E-state index contributed by atoms with van der Waals surface area (Å²) >= 11 is 3.33. The summed E-state index contributed by atoms with van der Waals surface area (Å²) in [5, 5.41) is 0. The Balaban J connectivity index is 3.02. The van der Waals surface area contributed by atoms with Crippen molar-refractivity contribution in [3.8, 4) is 17.6 Å². The molecular formula is C12H11BrO2. The van der Waals surface area contributed by atoms with E-state index in [2.05, 4.69) is 27.8 Å². The Morgan fingerprint density at radius 1 is 1.53 bits per heavy atom. The molecule has 0 radical (unpaired) electrons. The fourth-order valence-electron chi connectivity index (χ4n) is 1.22. The van der Waals surface area contributed by atoms with Crippen LogP contribution in [0.5, 0.6) is 5.75 Å². The number of halogens is 1. The Morgan fingerprint density at radius 2 is 2.27 bits per heavy atom. The molecule has 0 amide bonds. The van der Waals surface area contributed by atoms with Crippen LogP contribution in [0.1, 0.15) is 22.8 Å². The number of aldehydes is 1. The third-order valence-electron chi connectivity index (χ3n) is 1.86. The number of benzene rings is 1. The second-order valence-corrected chi connectivity index (χ2v) is 3.89. The van der Waals surface area contributed by atoms with Gasteiger partial charge >= 0.3 is 0 Å². The second-order valence-electron chi connectivity index (χ2n) is 2.97. The predicted molar refractivity (Wildman–Crippen MR) is 63.2 cm³/mol. The first-order chi connectivity index (χ1) is 7.19. The van der Waals surface area contributed by atoms with Gasteiger partial charge in [0, 0.05) is 4.47 Å².